The molecule has 0 saturated carbocycles. The molecule has 0 unspecified atom stereocenters. The van der Waals surface area contributed by atoms with E-state index in [4.69, 9.17) is 0 Å². The average molecular weight is 429 g/mol. The lowest BCUT2D eigenvalue weighted by molar-refractivity contribution is -0.140. The summed E-state index contributed by atoms with van der Waals surface area (Å²) < 4.78 is 19.7. The summed E-state index contributed by atoms with van der Waals surface area (Å²) in [5, 5.41) is 11.7. The van der Waals surface area contributed by atoms with E-state index in [-0.39, 0.29) is 29.9 Å². The molecule has 2 heterocycles. The number of methoxy groups -OCH3 is 1. The summed E-state index contributed by atoms with van der Waals surface area (Å²) in [4.78, 5) is 27.2. The van der Waals surface area contributed by atoms with Crippen molar-refractivity contribution in [1.29, 1.82) is 0 Å². The van der Waals surface area contributed by atoms with E-state index in [0.29, 0.717) is 29.6 Å². The molecule has 0 bridgehead atoms. The van der Waals surface area contributed by atoms with E-state index in [1.54, 1.807) is 41.2 Å². The summed E-state index contributed by atoms with van der Waals surface area (Å²) in [6, 6.07) is 9.56. The Balaban J connectivity index is 1.72. The molecule has 1 N–H and O–H groups in total. The number of rotatable bonds is 9. The van der Waals surface area contributed by atoms with E-state index in [9.17, 15) is 14.0 Å². The third-order valence-electron chi connectivity index (χ3n) is 4.10. The molecule has 1 aromatic carbocycles. The molecule has 0 saturated heterocycles. The van der Waals surface area contributed by atoms with Crippen LogP contribution in [0.4, 0.5) is 4.39 Å². The maximum atomic E-state index is 13.4. The van der Waals surface area contributed by atoms with Gasteiger partial charge in [0.05, 0.1) is 12.9 Å². The number of esters is 1. The minimum atomic E-state index is -0.349. The normalized spacial score (nSPS) is 10.6. The summed E-state index contributed by atoms with van der Waals surface area (Å²) in [7, 11) is 1.33. The third-order valence-corrected chi connectivity index (χ3v) is 5.03. The first-order chi connectivity index (χ1) is 14.6. The number of nitrogens with zero attached hydrogens (tertiary/aromatic N) is 4. The van der Waals surface area contributed by atoms with Gasteiger partial charge in [-0.05, 0) is 42.8 Å². The van der Waals surface area contributed by atoms with Crippen molar-refractivity contribution in [2.75, 3.05) is 19.4 Å². The lowest BCUT2D eigenvalue weighted by Gasteiger charge is -2.10. The van der Waals surface area contributed by atoms with Gasteiger partial charge in [-0.25, -0.2) is 4.39 Å². The molecule has 156 valence electrons. The second kappa shape index (κ2) is 10.5. The molecule has 0 radical (unpaired) electrons. The lowest BCUT2D eigenvalue weighted by Crippen LogP contribution is -2.26. The van der Waals surface area contributed by atoms with Crippen LogP contribution in [0.3, 0.4) is 0 Å². The number of carbonyl (C=O) groups is 2. The van der Waals surface area contributed by atoms with Crippen molar-refractivity contribution in [3.8, 4) is 17.1 Å². The fourth-order valence-corrected chi connectivity index (χ4v) is 3.40. The molecule has 0 aliphatic carbocycles. The van der Waals surface area contributed by atoms with Crippen LogP contribution in [0, 0.1) is 5.82 Å². The monoisotopic (exact) mass is 429 g/mol. The molecule has 10 heteroatoms. The zero-order valence-corrected chi connectivity index (χ0v) is 17.1. The van der Waals surface area contributed by atoms with E-state index in [0.717, 1.165) is 5.56 Å². The van der Waals surface area contributed by atoms with Gasteiger partial charge in [-0.15, -0.1) is 10.2 Å². The minimum absolute atomic E-state index is 0.119. The van der Waals surface area contributed by atoms with E-state index in [1.807, 2.05) is 0 Å². The highest BCUT2D eigenvalue weighted by Gasteiger charge is 2.17. The second-order valence-corrected chi connectivity index (χ2v) is 7.11. The van der Waals surface area contributed by atoms with Gasteiger partial charge < -0.3 is 10.1 Å². The van der Waals surface area contributed by atoms with Gasteiger partial charge in [0, 0.05) is 36.6 Å². The zero-order valence-electron chi connectivity index (χ0n) is 16.2. The molecule has 3 rings (SSSR count). The summed E-state index contributed by atoms with van der Waals surface area (Å²) in [5.41, 5.74) is 1.47. The molecular weight excluding hydrogens is 409 g/mol. The Kier molecular flexibility index (Phi) is 7.50. The van der Waals surface area contributed by atoms with Crippen molar-refractivity contribution >= 4 is 23.6 Å². The quantitative estimate of drug-likeness (QED) is 0.317. The standard InChI is InChI=1S/C20H20FN5O3S/c1-29-18(28)3-2-10-23-17(27)13-30-20-25-24-19(14-8-11-22-12-9-14)26(20)16-6-4-15(21)5-7-16/h4-9,11-12H,2-3,10,13H2,1H3,(H,23,27). The SMILES string of the molecule is COC(=O)CCCNC(=O)CSc1nnc(-c2ccncc2)n1-c1ccc(F)cc1. The molecule has 0 aliphatic heterocycles. The Hall–Kier alpha value is -3.27. The van der Waals surface area contributed by atoms with Crippen molar-refractivity contribution in [3.63, 3.8) is 0 Å². The molecule has 1 amide bonds. The van der Waals surface area contributed by atoms with Gasteiger partial charge in [0.1, 0.15) is 5.82 Å². The first kappa shape index (κ1) is 21.4. The van der Waals surface area contributed by atoms with Crippen molar-refractivity contribution in [2.45, 2.75) is 18.0 Å². The summed E-state index contributed by atoms with van der Waals surface area (Å²) in [6.45, 7) is 0.376. The number of pyridine rings is 1. The van der Waals surface area contributed by atoms with Crippen LogP contribution in [0.2, 0.25) is 0 Å². The predicted molar refractivity (Wildman–Crippen MR) is 110 cm³/mol. The molecule has 8 nitrogen and oxygen atoms in total. The third kappa shape index (κ3) is 5.63. The van der Waals surface area contributed by atoms with Crippen LogP contribution < -0.4 is 5.32 Å². The number of aromatic nitrogens is 4. The Labute approximate surface area is 176 Å². The Bertz CT molecular complexity index is 995. The molecule has 2 aromatic heterocycles. The summed E-state index contributed by atoms with van der Waals surface area (Å²) in [6.07, 6.45) is 4.04. The number of carbonyl (C=O) groups excluding carboxylic acids is 2. The molecule has 30 heavy (non-hydrogen) atoms. The predicted octanol–water partition coefficient (Wildman–Crippen LogP) is 2.63. The average Bonchev–Trinajstić information content (AvgIpc) is 3.20. The van der Waals surface area contributed by atoms with E-state index < -0.39 is 0 Å². The van der Waals surface area contributed by atoms with Crippen molar-refractivity contribution < 1.29 is 18.7 Å². The number of halogens is 1. The largest absolute Gasteiger partial charge is 0.469 e. The highest BCUT2D eigenvalue weighted by atomic mass is 32.2. The zero-order chi connectivity index (χ0) is 21.3. The van der Waals surface area contributed by atoms with Gasteiger partial charge >= 0.3 is 5.97 Å². The molecule has 0 atom stereocenters. The summed E-state index contributed by atoms with van der Waals surface area (Å²) >= 11 is 1.21. The number of hydrogen-bond donors (Lipinski definition) is 1. The number of hydrogen-bond acceptors (Lipinski definition) is 7. The molecular formula is C20H20FN5O3S. The first-order valence-corrected chi connectivity index (χ1v) is 10.1. The van der Waals surface area contributed by atoms with E-state index >= 15 is 0 Å². The first-order valence-electron chi connectivity index (χ1n) is 9.16. The number of benzene rings is 1. The number of amides is 1. The fourth-order valence-electron chi connectivity index (χ4n) is 2.62. The van der Waals surface area contributed by atoms with Gasteiger partial charge in [0.2, 0.25) is 5.91 Å². The molecule has 0 fully saturated rings. The van der Waals surface area contributed by atoms with Crippen LogP contribution in [0.15, 0.2) is 53.9 Å². The maximum absolute atomic E-state index is 13.4. The van der Waals surface area contributed by atoms with Gasteiger partial charge in [-0.3, -0.25) is 19.1 Å². The lowest BCUT2D eigenvalue weighted by atomic mass is 10.2. The van der Waals surface area contributed by atoms with E-state index in [1.165, 1.54) is 31.0 Å². The van der Waals surface area contributed by atoms with Crippen LogP contribution in [0.5, 0.6) is 0 Å². The highest BCUT2D eigenvalue weighted by Crippen LogP contribution is 2.27. The maximum Gasteiger partial charge on any atom is 0.305 e. The summed E-state index contributed by atoms with van der Waals surface area (Å²) in [5.74, 6) is -0.171. The topological polar surface area (TPSA) is 99.0 Å². The molecule has 0 spiro atoms. The second-order valence-electron chi connectivity index (χ2n) is 6.17. The van der Waals surface area contributed by atoms with Crippen molar-refractivity contribution in [1.82, 2.24) is 25.1 Å². The molecule has 0 aliphatic rings. The van der Waals surface area contributed by atoms with Gasteiger partial charge in [-0.1, -0.05) is 11.8 Å². The van der Waals surface area contributed by atoms with Gasteiger partial charge in [0.15, 0.2) is 11.0 Å². The molecule has 3 aromatic rings. The van der Waals surface area contributed by atoms with Crippen molar-refractivity contribution in [2.24, 2.45) is 0 Å². The van der Waals surface area contributed by atoms with Crippen LogP contribution in [-0.4, -0.2) is 51.0 Å². The van der Waals surface area contributed by atoms with Crippen LogP contribution in [-0.2, 0) is 14.3 Å². The smallest absolute Gasteiger partial charge is 0.305 e. The van der Waals surface area contributed by atoms with Gasteiger partial charge in [-0.2, -0.15) is 0 Å². The fraction of sp³-hybridized carbons (Fsp3) is 0.250. The van der Waals surface area contributed by atoms with E-state index in [2.05, 4.69) is 25.2 Å². The van der Waals surface area contributed by atoms with Gasteiger partial charge in [0.25, 0.3) is 0 Å². The Morgan fingerprint density at radius 2 is 1.87 bits per heavy atom. The van der Waals surface area contributed by atoms with Crippen LogP contribution in [0.25, 0.3) is 17.1 Å². The Morgan fingerprint density at radius 3 is 2.57 bits per heavy atom. The minimum Gasteiger partial charge on any atom is -0.469 e. The number of nitrogens with one attached hydrogen (secondary N) is 1. The Morgan fingerprint density at radius 1 is 1.13 bits per heavy atom. The number of thioether (sulfide) groups is 1. The highest BCUT2D eigenvalue weighted by molar-refractivity contribution is 7.99. The number of ether oxygens (including phenoxy) is 1. The van der Waals surface area contributed by atoms with Crippen LogP contribution >= 0.6 is 11.8 Å². The van der Waals surface area contributed by atoms with Crippen LogP contribution in [0.1, 0.15) is 12.8 Å². The van der Waals surface area contributed by atoms with Crippen molar-refractivity contribution in [3.05, 3.63) is 54.6 Å².